The standard InChI is InChI=1S/C21H21FN4O2S/c1-3-12-26-20(15-8-10-17(22)11-9-15)24-25-21(26)29-14-19(27)23-13-16-6-4-5-7-18(16)28-2/h3-11H,1,12-14H2,2H3,(H,23,27). The summed E-state index contributed by atoms with van der Waals surface area (Å²) in [7, 11) is 1.60. The number of methoxy groups -OCH3 is 1. The van der Waals surface area contributed by atoms with E-state index in [0.717, 1.165) is 16.9 Å². The predicted molar refractivity (Wildman–Crippen MR) is 111 cm³/mol. The van der Waals surface area contributed by atoms with Gasteiger partial charge in [-0.25, -0.2) is 4.39 Å². The summed E-state index contributed by atoms with van der Waals surface area (Å²) in [5, 5.41) is 11.9. The highest BCUT2D eigenvalue weighted by Gasteiger charge is 2.15. The molecule has 1 N–H and O–H groups in total. The molecule has 8 heteroatoms. The molecule has 0 spiro atoms. The smallest absolute Gasteiger partial charge is 0.230 e. The minimum atomic E-state index is -0.315. The average Bonchev–Trinajstić information content (AvgIpc) is 3.14. The fourth-order valence-corrected chi connectivity index (χ4v) is 3.50. The molecule has 6 nitrogen and oxygen atoms in total. The molecule has 1 aromatic heterocycles. The highest BCUT2D eigenvalue weighted by atomic mass is 32.2. The lowest BCUT2D eigenvalue weighted by atomic mass is 10.2. The molecular weight excluding hydrogens is 391 g/mol. The Kier molecular flexibility index (Phi) is 7.02. The minimum absolute atomic E-state index is 0.127. The van der Waals surface area contributed by atoms with Gasteiger partial charge in [0, 0.05) is 24.2 Å². The second-order valence-corrected chi connectivity index (χ2v) is 7.03. The van der Waals surface area contributed by atoms with E-state index in [2.05, 4.69) is 22.1 Å². The van der Waals surface area contributed by atoms with Crippen LogP contribution in [0.5, 0.6) is 5.75 Å². The first kappa shape index (κ1) is 20.6. The zero-order chi connectivity index (χ0) is 20.6. The SMILES string of the molecule is C=CCn1c(SCC(=O)NCc2ccccc2OC)nnc1-c1ccc(F)cc1. The Hall–Kier alpha value is -3.13. The number of allylic oxidation sites excluding steroid dienone is 1. The molecular formula is C21H21FN4O2S. The van der Waals surface area contributed by atoms with Gasteiger partial charge in [-0.2, -0.15) is 0 Å². The van der Waals surface area contributed by atoms with Gasteiger partial charge in [0.25, 0.3) is 0 Å². The van der Waals surface area contributed by atoms with E-state index in [9.17, 15) is 9.18 Å². The third kappa shape index (κ3) is 5.23. The first-order valence-corrected chi connectivity index (χ1v) is 9.92. The van der Waals surface area contributed by atoms with Crippen molar-refractivity contribution in [2.24, 2.45) is 0 Å². The molecule has 2 aromatic carbocycles. The van der Waals surface area contributed by atoms with E-state index in [-0.39, 0.29) is 17.5 Å². The molecule has 0 fully saturated rings. The number of para-hydroxylation sites is 1. The summed E-state index contributed by atoms with van der Waals surface area (Å²) in [5.41, 5.74) is 1.65. The monoisotopic (exact) mass is 412 g/mol. The average molecular weight is 412 g/mol. The van der Waals surface area contributed by atoms with E-state index in [1.54, 1.807) is 25.3 Å². The number of carbonyl (C=O) groups excluding carboxylic acids is 1. The molecule has 0 unspecified atom stereocenters. The van der Waals surface area contributed by atoms with Crippen LogP contribution in [0.2, 0.25) is 0 Å². The van der Waals surface area contributed by atoms with E-state index in [4.69, 9.17) is 4.74 Å². The van der Waals surface area contributed by atoms with E-state index in [1.165, 1.54) is 23.9 Å². The number of nitrogens with one attached hydrogen (secondary N) is 1. The lowest BCUT2D eigenvalue weighted by molar-refractivity contribution is -0.118. The Morgan fingerprint density at radius 2 is 2.00 bits per heavy atom. The minimum Gasteiger partial charge on any atom is -0.496 e. The number of ether oxygens (including phenoxy) is 1. The Morgan fingerprint density at radius 1 is 1.24 bits per heavy atom. The first-order valence-electron chi connectivity index (χ1n) is 8.93. The fraction of sp³-hybridized carbons (Fsp3) is 0.190. The maximum absolute atomic E-state index is 13.2. The van der Waals surface area contributed by atoms with Gasteiger partial charge in [0.2, 0.25) is 5.91 Å². The van der Waals surface area contributed by atoms with Crippen molar-refractivity contribution in [2.45, 2.75) is 18.2 Å². The summed E-state index contributed by atoms with van der Waals surface area (Å²) in [5.74, 6) is 1.08. The van der Waals surface area contributed by atoms with Crippen LogP contribution in [-0.2, 0) is 17.9 Å². The second-order valence-electron chi connectivity index (χ2n) is 6.09. The molecule has 29 heavy (non-hydrogen) atoms. The van der Waals surface area contributed by atoms with Gasteiger partial charge in [-0.15, -0.1) is 16.8 Å². The van der Waals surface area contributed by atoms with Crippen LogP contribution in [0.15, 0.2) is 66.3 Å². The molecule has 0 aliphatic carbocycles. The second kappa shape index (κ2) is 9.88. The largest absolute Gasteiger partial charge is 0.496 e. The maximum atomic E-state index is 13.2. The van der Waals surface area contributed by atoms with Gasteiger partial charge >= 0.3 is 0 Å². The number of halogens is 1. The molecule has 3 aromatic rings. The van der Waals surface area contributed by atoms with E-state index >= 15 is 0 Å². The number of rotatable bonds is 9. The van der Waals surface area contributed by atoms with Crippen LogP contribution in [0.1, 0.15) is 5.56 Å². The van der Waals surface area contributed by atoms with Gasteiger partial charge in [-0.1, -0.05) is 36.0 Å². The lowest BCUT2D eigenvalue weighted by Gasteiger charge is -2.10. The van der Waals surface area contributed by atoms with Crippen molar-refractivity contribution in [1.82, 2.24) is 20.1 Å². The summed E-state index contributed by atoms with van der Waals surface area (Å²) in [6.45, 7) is 4.62. The Balaban J connectivity index is 1.64. The third-order valence-electron chi connectivity index (χ3n) is 4.13. The van der Waals surface area contributed by atoms with Gasteiger partial charge in [-0.3, -0.25) is 9.36 Å². The van der Waals surface area contributed by atoms with Crippen LogP contribution in [0, 0.1) is 5.82 Å². The summed E-state index contributed by atoms with van der Waals surface area (Å²) < 4.78 is 20.3. The Bertz CT molecular complexity index is 989. The zero-order valence-corrected chi connectivity index (χ0v) is 16.8. The molecule has 3 rings (SSSR count). The van der Waals surface area contributed by atoms with E-state index in [0.29, 0.717) is 24.1 Å². The van der Waals surface area contributed by atoms with Crippen LogP contribution in [0.25, 0.3) is 11.4 Å². The fourth-order valence-electron chi connectivity index (χ4n) is 2.73. The number of hydrogen-bond donors (Lipinski definition) is 1. The lowest BCUT2D eigenvalue weighted by Crippen LogP contribution is -2.25. The van der Waals surface area contributed by atoms with Gasteiger partial charge in [0.05, 0.1) is 12.9 Å². The number of hydrogen-bond acceptors (Lipinski definition) is 5. The van der Waals surface area contributed by atoms with Crippen molar-refractivity contribution in [3.63, 3.8) is 0 Å². The van der Waals surface area contributed by atoms with Crippen molar-refractivity contribution in [2.75, 3.05) is 12.9 Å². The third-order valence-corrected chi connectivity index (χ3v) is 5.10. The van der Waals surface area contributed by atoms with Gasteiger partial charge < -0.3 is 10.1 Å². The summed E-state index contributed by atoms with van der Waals surface area (Å²) in [6, 6.07) is 13.6. The van der Waals surface area contributed by atoms with E-state index < -0.39 is 0 Å². The first-order chi connectivity index (χ1) is 14.1. The summed E-state index contributed by atoms with van der Waals surface area (Å²) >= 11 is 1.28. The number of nitrogens with zero attached hydrogens (tertiary/aromatic N) is 3. The van der Waals surface area contributed by atoms with Crippen LogP contribution in [-0.4, -0.2) is 33.5 Å². The summed E-state index contributed by atoms with van der Waals surface area (Å²) in [6.07, 6.45) is 1.72. The molecule has 0 atom stereocenters. The number of thioether (sulfide) groups is 1. The Labute approximate surface area is 172 Å². The van der Waals surface area contributed by atoms with Crippen LogP contribution >= 0.6 is 11.8 Å². The molecule has 1 amide bonds. The molecule has 0 saturated carbocycles. The van der Waals surface area contributed by atoms with Crippen molar-refractivity contribution in [3.8, 4) is 17.1 Å². The van der Waals surface area contributed by atoms with E-state index in [1.807, 2.05) is 28.8 Å². The summed E-state index contributed by atoms with van der Waals surface area (Å²) in [4.78, 5) is 12.3. The topological polar surface area (TPSA) is 69.0 Å². The van der Waals surface area contributed by atoms with Gasteiger partial charge in [0.1, 0.15) is 11.6 Å². The molecule has 150 valence electrons. The van der Waals surface area contributed by atoms with Crippen LogP contribution in [0.3, 0.4) is 0 Å². The number of carbonyl (C=O) groups is 1. The molecule has 1 heterocycles. The number of amides is 1. The highest BCUT2D eigenvalue weighted by Crippen LogP contribution is 2.24. The predicted octanol–water partition coefficient (Wildman–Crippen LogP) is 3.69. The highest BCUT2D eigenvalue weighted by molar-refractivity contribution is 7.99. The van der Waals surface area contributed by atoms with Crippen molar-refractivity contribution < 1.29 is 13.9 Å². The number of benzene rings is 2. The normalized spacial score (nSPS) is 10.6. The molecule has 0 radical (unpaired) electrons. The molecule has 0 saturated heterocycles. The number of aromatic nitrogens is 3. The zero-order valence-electron chi connectivity index (χ0n) is 16.0. The van der Waals surface area contributed by atoms with Crippen LogP contribution < -0.4 is 10.1 Å². The quantitative estimate of drug-likeness (QED) is 0.429. The maximum Gasteiger partial charge on any atom is 0.230 e. The van der Waals surface area contributed by atoms with Crippen molar-refractivity contribution in [3.05, 3.63) is 72.6 Å². The van der Waals surface area contributed by atoms with Gasteiger partial charge in [0.15, 0.2) is 11.0 Å². The molecule has 0 aliphatic rings. The molecule has 0 aliphatic heterocycles. The Morgan fingerprint density at radius 3 is 2.72 bits per heavy atom. The van der Waals surface area contributed by atoms with Crippen molar-refractivity contribution in [1.29, 1.82) is 0 Å². The van der Waals surface area contributed by atoms with Crippen molar-refractivity contribution >= 4 is 17.7 Å². The van der Waals surface area contributed by atoms with Gasteiger partial charge in [-0.05, 0) is 30.3 Å². The van der Waals surface area contributed by atoms with Crippen LogP contribution in [0.4, 0.5) is 4.39 Å². The molecule has 0 bridgehead atoms.